The molecule has 1 aliphatic rings. The molecule has 0 spiro atoms. The molecule has 2 aromatic carbocycles. The summed E-state index contributed by atoms with van der Waals surface area (Å²) in [5.74, 6) is 0. The maximum Gasteiger partial charge on any atom is 0.101 e. The van der Waals surface area contributed by atoms with Crippen molar-refractivity contribution in [1.29, 1.82) is 5.26 Å². The van der Waals surface area contributed by atoms with Crippen molar-refractivity contribution in [3.8, 4) is 6.07 Å². The molecule has 2 aromatic rings. The Morgan fingerprint density at radius 2 is 1.94 bits per heavy atom. The van der Waals surface area contributed by atoms with Gasteiger partial charge in [-0.2, -0.15) is 5.26 Å². The Labute approximate surface area is 115 Å². The SMILES string of the molecule is N#Cc1ccc(Br)cc1N1CCc2ccccc21. The van der Waals surface area contributed by atoms with E-state index in [1.54, 1.807) is 0 Å². The number of hydrogen-bond acceptors (Lipinski definition) is 2. The molecule has 0 bridgehead atoms. The molecule has 0 radical (unpaired) electrons. The van der Waals surface area contributed by atoms with Gasteiger partial charge in [0.2, 0.25) is 0 Å². The first kappa shape index (κ1) is 11.3. The molecule has 0 fully saturated rings. The molecule has 0 atom stereocenters. The second-order valence-corrected chi connectivity index (χ2v) is 5.22. The van der Waals surface area contributed by atoms with E-state index in [2.05, 4.69) is 45.1 Å². The van der Waals surface area contributed by atoms with Crippen LogP contribution < -0.4 is 4.90 Å². The van der Waals surface area contributed by atoms with E-state index in [9.17, 15) is 5.26 Å². The largest absolute Gasteiger partial charge is 0.340 e. The first-order valence-corrected chi connectivity index (χ1v) is 6.64. The molecule has 0 N–H and O–H groups in total. The van der Waals surface area contributed by atoms with Crippen molar-refractivity contribution < 1.29 is 0 Å². The summed E-state index contributed by atoms with van der Waals surface area (Å²) in [5.41, 5.74) is 4.26. The number of rotatable bonds is 1. The second-order valence-electron chi connectivity index (χ2n) is 4.30. The van der Waals surface area contributed by atoms with Gasteiger partial charge in [0.05, 0.1) is 11.3 Å². The topological polar surface area (TPSA) is 27.0 Å². The molecule has 2 nitrogen and oxygen atoms in total. The Kier molecular flexibility index (Phi) is 2.81. The third-order valence-corrected chi connectivity index (χ3v) is 3.75. The van der Waals surface area contributed by atoms with E-state index < -0.39 is 0 Å². The maximum absolute atomic E-state index is 9.23. The fourth-order valence-electron chi connectivity index (χ4n) is 2.41. The molecule has 0 amide bonds. The predicted molar refractivity (Wildman–Crippen MR) is 76.0 cm³/mol. The molecule has 88 valence electrons. The van der Waals surface area contributed by atoms with Gasteiger partial charge in [0.15, 0.2) is 0 Å². The molecule has 0 aliphatic carbocycles. The van der Waals surface area contributed by atoms with E-state index in [0.717, 1.165) is 28.7 Å². The van der Waals surface area contributed by atoms with Gasteiger partial charge in [0, 0.05) is 16.7 Å². The van der Waals surface area contributed by atoms with Crippen LogP contribution in [0.1, 0.15) is 11.1 Å². The van der Waals surface area contributed by atoms with E-state index in [-0.39, 0.29) is 0 Å². The summed E-state index contributed by atoms with van der Waals surface area (Å²) in [5, 5.41) is 9.23. The van der Waals surface area contributed by atoms with E-state index in [1.165, 1.54) is 11.3 Å². The van der Waals surface area contributed by atoms with Crippen molar-refractivity contribution in [2.24, 2.45) is 0 Å². The lowest BCUT2D eigenvalue weighted by Gasteiger charge is -2.21. The minimum atomic E-state index is 0.718. The third kappa shape index (κ3) is 1.79. The van der Waals surface area contributed by atoms with Crippen LogP contribution in [0.5, 0.6) is 0 Å². The Hall–Kier alpha value is -1.79. The van der Waals surface area contributed by atoms with Crippen LogP contribution in [0.15, 0.2) is 46.9 Å². The highest BCUT2D eigenvalue weighted by molar-refractivity contribution is 9.10. The summed E-state index contributed by atoms with van der Waals surface area (Å²) in [4.78, 5) is 2.22. The van der Waals surface area contributed by atoms with Gasteiger partial charge in [0.1, 0.15) is 6.07 Å². The van der Waals surface area contributed by atoms with Gasteiger partial charge in [-0.05, 0) is 36.2 Å². The molecule has 1 aliphatic heterocycles. The first-order valence-electron chi connectivity index (χ1n) is 5.84. The number of nitrogens with zero attached hydrogens (tertiary/aromatic N) is 2. The van der Waals surface area contributed by atoms with Crippen molar-refractivity contribution in [3.05, 3.63) is 58.1 Å². The van der Waals surface area contributed by atoms with Crippen molar-refractivity contribution in [2.45, 2.75) is 6.42 Å². The lowest BCUT2D eigenvalue weighted by molar-refractivity contribution is 0.996. The Balaban J connectivity index is 2.13. The zero-order chi connectivity index (χ0) is 12.5. The summed E-state index contributed by atoms with van der Waals surface area (Å²) in [6, 6.07) is 16.4. The molecular weight excluding hydrogens is 288 g/mol. The smallest absolute Gasteiger partial charge is 0.101 e. The number of fused-ring (bicyclic) bond motifs is 1. The van der Waals surface area contributed by atoms with Crippen molar-refractivity contribution in [2.75, 3.05) is 11.4 Å². The summed E-state index contributed by atoms with van der Waals surface area (Å²) in [7, 11) is 0. The number of benzene rings is 2. The maximum atomic E-state index is 9.23. The van der Waals surface area contributed by atoms with Crippen molar-refractivity contribution in [1.82, 2.24) is 0 Å². The third-order valence-electron chi connectivity index (χ3n) is 3.26. The molecule has 1 heterocycles. The highest BCUT2D eigenvalue weighted by Crippen LogP contribution is 2.37. The normalized spacial score (nSPS) is 13.2. The van der Waals surface area contributed by atoms with Crippen LogP contribution in [0, 0.1) is 11.3 Å². The standard InChI is InChI=1S/C15H11BrN2/c16-13-6-5-12(10-17)15(9-13)18-8-7-11-3-1-2-4-14(11)18/h1-6,9H,7-8H2. The molecule has 0 saturated heterocycles. The summed E-state index contributed by atoms with van der Waals surface area (Å²) < 4.78 is 1.00. The lowest BCUT2D eigenvalue weighted by Crippen LogP contribution is -2.14. The van der Waals surface area contributed by atoms with Crippen LogP contribution in [-0.2, 0) is 6.42 Å². The fourth-order valence-corrected chi connectivity index (χ4v) is 2.76. The Morgan fingerprint density at radius 3 is 2.78 bits per heavy atom. The van der Waals surface area contributed by atoms with Crippen LogP contribution in [0.3, 0.4) is 0 Å². The van der Waals surface area contributed by atoms with E-state index in [1.807, 2.05) is 24.3 Å². The van der Waals surface area contributed by atoms with Crippen molar-refractivity contribution in [3.63, 3.8) is 0 Å². The fraction of sp³-hybridized carbons (Fsp3) is 0.133. The summed E-state index contributed by atoms with van der Waals surface area (Å²) >= 11 is 3.48. The number of halogens is 1. The van der Waals surface area contributed by atoms with E-state index in [0.29, 0.717) is 0 Å². The molecular formula is C15H11BrN2. The number of hydrogen-bond donors (Lipinski definition) is 0. The van der Waals surface area contributed by atoms with Crippen LogP contribution in [0.4, 0.5) is 11.4 Å². The highest BCUT2D eigenvalue weighted by atomic mass is 79.9. The van der Waals surface area contributed by atoms with E-state index >= 15 is 0 Å². The summed E-state index contributed by atoms with van der Waals surface area (Å²) in [6.07, 6.45) is 1.04. The van der Waals surface area contributed by atoms with Gasteiger partial charge in [0.25, 0.3) is 0 Å². The molecule has 3 rings (SSSR count). The highest BCUT2D eigenvalue weighted by Gasteiger charge is 2.21. The van der Waals surface area contributed by atoms with Gasteiger partial charge in [-0.25, -0.2) is 0 Å². The Morgan fingerprint density at radius 1 is 1.11 bits per heavy atom. The van der Waals surface area contributed by atoms with Crippen LogP contribution >= 0.6 is 15.9 Å². The predicted octanol–water partition coefficient (Wildman–Crippen LogP) is 4.01. The first-order chi connectivity index (χ1) is 8.79. The lowest BCUT2D eigenvalue weighted by atomic mass is 10.1. The number of para-hydroxylation sites is 1. The van der Waals surface area contributed by atoms with Gasteiger partial charge in [-0.3, -0.25) is 0 Å². The number of nitriles is 1. The minimum absolute atomic E-state index is 0.718. The second kappa shape index (κ2) is 4.47. The average molecular weight is 299 g/mol. The monoisotopic (exact) mass is 298 g/mol. The Bertz CT molecular complexity index is 643. The van der Waals surface area contributed by atoms with Crippen LogP contribution in [-0.4, -0.2) is 6.54 Å². The zero-order valence-electron chi connectivity index (χ0n) is 9.73. The molecule has 0 saturated carbocycles. The van der Waals surface area contributed by atoms with Gasteiger partial charge in [-0.1, -0.05) is 34.1 Å². The van der Waals surface area contributed by atoms with Crippen LogP contribution in [0.2, 0.25) is 0 Å². The van der Waals surface area contributed by atoms with Gasteiger partial charge < -0.3 is 4.90 Å². The molecule has 3 heteroatoms. The van der Waals surface area contributed by atoms with Gasteiger partial charge in [-0.15, -0.1) is 0 Å². The average Bonchev–Trinajstić information content (AvgIpc) is 2.82. The molecule has 18 heavy (non-hydrogen) atoms. The van der Waals surface area contributed by atoms with Crippen molar-refractivity contribution >= 4 is 27.3 Å². The number of anilines is 2. The quantitative estimate of drug-likeness (QED) is 0.795. The zero-order valence-corrected chi connectivity index (χ0v) is 11.3. The van der Waals surface area contributed by atoms with Gasteiger partial charge >= 0.3 is 0 Å². The minimum Gasteiger partial charge on any atom is -0.340 e. The molecule has 0 unspecified atom stereocenters. The summed E-state index contributed by atoms with van der Waals surface area (Å²) in [6.45, 7) is 0.935. The van der Waals surface area contributed by atoms with Crippen LogP contribution in [0.25, 0.3) is 0 Å². The molecule has 0 aromatic heterocycles. The van der Waals surface area contributed by atoms with E-state index in [4.69, 9.17) is 0 Å².